The predicted molar refractivity (Wildman–Crippen MR) is 52.2 cm³/mol. The number of carboxylic acid groups (broad SMARTS) is 1. The van der Waals surface area contributed by atoms with Crippen LogP contribution in [0.2, 0.25) is 0 Å². The van der Waals surface area contributed by atoms with E-state index in [1.807, 2.05) is 0 Å². The van der Waals surface area contributed by atoms with E-state index in [1.54, 1.807) is 13.8 Å². The molecular formula is C8H17O5P. The van der Waals surface area contributed by atoms with Gasteiger partial charge in [-0.25, -0.2) is 0 Å². The predicted octanol–water partition coefficient (Wildman–Crippen LogP) is 1.45. The molecule has 0 fully saturated rings. The number of rotatable bonds is 6. The summed E-state index contributed by atoms with van der Waals surface area (Å²) in [5.74, 6) is -0.976. The highest BCUT2D eigenvalue weighted by Gasteiger charge is 2.36. The molecule has 14 heavy (non-hydrogen) atoms. The molecule has 6 heteroatoms. The number of hydrogen-bond acceptors (Lipinski definition) is 2. The molecule has 0 aromatic rings. The highest BCUT2D eigenvalue weighted by molar-refractivity contribution is 7.51. The van der Waals surface area contributed by atoms with Gasteiger partial charge in [0, 0.05) is 0 Å². The molecule has 0 saturated carbocycles. The largest absolute Gasteiger partial charge is 0.481 e. The zero-order chi connectivity index (χ0) is 11.4. The van der Waals surface area contributed by atoms with E-state index >= 15 is 0 Å². The number of aliphatic carboxylic acids is 1. The van der Waals surface area contributed by atoms with Crippen molar-refractivity contribution in [2.75, 3.05) is 6.16 Å². The first-order chi connectivity index (χ1) is 6.27. The highest BCUT2D eigenvalue weighted by atomic mass is 31.2. The fraction of sp³-hybridized carbons (Fsp3) is 0.875. The van der Waals surface area contributed by atoms with E-state index in [9.17, 15) is 9.36 Å². The Morgan fingerprint density at radius 3 is 1.93 bits per heavy atom. The van der Waals surface area contributed by atoms with E-state index < -0.39 is 19.0 Å². The zero-order valence-electron chi connectivity index (χ0n) is 8.43. The van der Waals surface area contributed by atoms with Crippen molar-refractivity contribution in [3.8, 4) is 0 Å². The molecule has 0 saturated heterocycles. The van der Waals surface area contributed by atoms with E-state index in [0.29, 0.717) is 12.8 Å². The summed E-state index contributed by atoms with van der Waals surface area (Å²) < 4.78 is 10.6. The second-order valence-electron chi connectivity index (χ2n) is 3.43. The molecule has 0 unspecified atom stereocenters. The van der Waals surface area contributed by atoms with Crippen molar-refractivity contribution in [3.05, 3.63) is 0 Å². The summed E-state index contributed by atoms with van der Waals surface area (Å²) in [5.41, 5.74) is -0.985. The third kappa shape index (κ3) is 3.78. The van der Waals surface area contributed by atoms with Gasteiger partial charge in [0.1, 0.15) is 0 Å². The Morgan fingerprint density at radius 2 is 1.71 bits per heavy atom. The fourth-order valence-electron chi connectivity index (χ4n) is 1.37. The Balaban J connectivity index is 4.53. The molecule has 84 valence electrons. The Morgan fingerprint density at radius 1 is 1.29 bits per heavy atom. The van der Waals surface area contributed by atoms with Crippen LogP contribution in [-0.4, -0.2) is 27.0 Å². The molecule has 0 aliphatic rings. The molecule has 0 radical (unpaired) electrons. The lowest BCUT2D eigenvalue weighted by atomic mass is 9.80. The summed E-state index contributed by atoms with van der Waals surface area (Å²) in [5, 5.41) is 8.97. The standard InChI is InChI=1S/C8H17O5P/c1-3-8(4-2,7(9)10)5-6-14(11,12)13/h3-6H2,1-2H3,(H,9,10)(H2,11,12,13). The second kappa shape index (κ2) is 4.91. The highest BCUT2D eigenvalue weighted by Crippen LogP contribution is 2.41. The lowest BCUT2D eigenvalue weighted by molar-refractivity contribution is -0.149. The first-order valence-corrected chi connectivity index (χ1v) is 6.35. The number of hydrogen-bond donors (Lipinski definition) is 3. The van der Waals surface area contributed by atoms with Crippen LogP contribution in [0.1, 0.15) is 33.1 Å². The minimum absolute atomic E-state index is 0.0274. The molecule has 0 amide bonds. The Hall–Kier alpha value is -0.380. The van der Waals surface area contributed by atoms with Crippen LogP contribution in [0.4, 0.5) is 0 Å². The third-order valence-corrected chi connectivity index (χ3v) is 3.50. The van der Waals surface area contributed by atoms with Gasteiger partial charge in [-0.1, -0.05) is 13.8 Å². The average molecular weight is 224 g/mol. The first kappa shape index (κ1) is 13.6. The van der Waals surface area contributed by atoms with E-state index in [0.717, 1.165) is 0 Å². The quantitative estimate of drug-likeness (QED) is 0.593. The van der Waals surface area contributed by atoms with Gasteiger partial charge in [0.05, 0.1) is 11.6 Å². The fourth-order valence-corrected chi connectivity index (χ4v) is 2.09. The molecule has 0 bridgehead atoms. The van der Waals surface area contributed by atoms with Gasteiger partial charge in [0.15, 0.2) is 0 Å². The Bertz CT molecular complexity index is 240. The molecule has 0 heterocycles. The summed E-state index contributed by atoms with van der Waals surface area (Å²) >= 11 is 0. The SMILES string of the molecule is CCC(CC)(CCP(=O)(O)O)C(=O)O. The molecule has 0 aromatic carbocycles. The normalized spacial score (nSPS) is 12.9. The van der Waals surface area contributed by atoms with Gasteiger partial charge in [-0.15, -0.1) is 0 Å². The lowest BCUT2D eigenvalue weighted by Gasteiger charge is -2.26. The van der Waals surface area contributed by atoms with Crippen LogP contribution in [0.5, 0.6) is 0 Å². The summed E-state index contributed by atoms with van der Waals surface area (Å²) in [6.07, 6.45) is 0.443. The van der Waals surface area contributed by atoms with E-state index in [1.165, 1.54) is 0 Å². The maximum Gasteiger partial charge on any atom is 0.325 e. The Kier molecular flexibility index (Phi) is 4.78. The number of carboxylic acids is 1. The van der Waals surface area contributed by atoms with Gasteiger partial charge in [-0.3, -0.25) is 9.36 Å². The maximum absolute atomic E-state index is 10.9. The van der Waals surface area contributed by atoms with Crippen LogP contribution in [0, 0.1) is 5.41 Å². The summed E-state index contributed by atoms with van der Waals surface area (Å²) in [4.78, 5) is 28.3. The smallest absolute Gasteiger partial charge is 0.325 e. The molecule has 0 rings (SSSR count). The van der Waals surface area contributed by atoms with Crippen molar-refractivity contribution >= 4 is 13.6 Å². The van der Waals surface area contributed by atoms with Crippen molar-refractivity contribution in [3.63, 3.8) is 0 Å². The van der Waals surface area contributed by atoms with Gasteiger partial charge >= 0.3 is 13.6 Å². The van der Waals surface area contributed by atoms with Crippen LogP contribution in [-0.2, 0) is 9.36 Å². The first-order valence-electron chi connectivity index (χ1n) is 4.55. The molecule has 3 N–H and O–H groups in total. The van der Waals surface area contributed by atoms with Gasteiger partial charge in [-0.2, -0.15) is 0 Å². The summed E-state index contributed by atoms with van der Waals surface area (Å²) in [7, 11) is -4.09. The summed E-state index contributed by atoms with van der Waals surface area (Å²) in [6.45, 7) is 3.44. The van der Waals surface area contributed by atoms with Gasteiger partial charge in [0.25, 0.3) is 0 Å². The molecule has 5 nitrogen and oxygen atoms in total. The molecular weight excluding hydrogens is 207 g/mol. The Labute approximate surface area is 83.3 Å². The van der Waals surface area contributed by atoms with Crippen LogP contribution < -0.4 is 0 Å². The molecule has 0 aliphatic carbocycles. The van der Waals surface area contributed by atoms with Gasteiger partial charge < -0.3 is 14.9 Å². The van der Waals surface area contributed by atoms with Gasteiger partial charge in [0.2, 0.25) is 0 Å². The van der Waals surface area contributed by atoms with Gasteiger partial charge in [-0.05, 0) is 19.3 Å². The van der Waals surface area contributed by atoms with Crippen molar-refractivity contribution in [2.45, 2.75) is 33.1 Å². The van der Waals surface area contributed by atoms with Crippen molar-refractivity contribution < 1.29 is 24.3 Å². The van der Waals surface area contributed by atoms with Crippen molar-refractivity contribution in [1.82, 2.24) is 0 Å². The lowest BCUT2D eigenvalue weighted by Crippen LogP contribution is -2.30. The third-order valence-electron chi connectivity index (χ3n) is 2.69. The second-order valence-corrected chi connectivity index (χ2v) is 5.21. The van der Waals surface area contributed by atoms with E-state index in [-0.39, 0.29) is 12.6 Å². The minimum Gasteiger partial charge on any atom is -0.481 e. The molecule has 0 aliphatic heterocycles. The van der Waals surface area contributed by atoms with Crippen molar-refractivity contribution in [1.29, 1.82) is 0 Å². The number of carbonyl (C=O) groups is 1. The zero-order valence-corrected chi connectivity index (χ0v) is 9.33. The topological polar surface area (TPSA) is 94.8 Å². The summed E-state index contributed by atoms with van der Waals surface area (Å²) in [6, 6.07) is 0. The van der Waals surface area contributed by atoms with Crippen molar-refractivity contribution in [2.24, 2.45) is 5.41 Å². The van der Waals surface area contributed by atoms with Crippen LogP contribution in [0.15, 0.2) is 0 Å². The molecule has 0 aromatic heterocycles. The minimum atomic E-state index is -4.09. The molecule has 0 atom stereocenters. The van der Waals surface area contributed by atoms with Crippen LogP contribution in [0.25, 0.3) is 0 Å². The average Bonchev–Trinajstić information content (AvgIpc) is 2.04. The van der Waals surface area contributed by atoms with E-state index in [4.69, 9.17) is 14.9 Å². The monoisotopic (exact) mass is 224 g/mol. The maximum atomic E-state index is 10.9. The van der Waals surface area contributed by atoms with E-state index in [2.05, 4.69) is 0 Å². The molecule has 0 spiro atoms. The van der Waals surface area contributed by atoms with Crippen LogP contribution in [0.3, 0.4) is 0 Å². The van der Waals surface area contributed by atoms with Crippen LogP contribution >= 0.6 is 7.60 Å².